The van der Waals surface area contributed by atoms with Gasteiger partial charge in [-0.3, -0.25) is 0 Å². The highest BCUT2D eigenvalue weighted by molar-refractivity contribution is 6.76. The fraction of sp³-hybridized carbons (Fsp3) is 0.385. The number of hydrogen-bond acceptors (Lipinski definition) is 2. The van der Waals surface area contributed by atoms with Gasteiger partial charge in [0.15, 0.2) is 0 Å². The van der Waals surface area contributed by atoms with Gasteiger partial charge in [0.2, 0.25) is 5.69 Å². The van der Waals surface area contributed by atoms with Crippen molar-refractivity contribution in [1.29, 1.82) is 0 Å². The third-order valence-electron chi connectivity index (χ3n) is 5.76. The highest BCUT2D eigenvalue weighted by Gasteiger charge is 2.16. The molecular formula is C26H32ClN3OSi. The van der Waals surface area contributed by atoms with Crippen LogP contribution in [0.4, 0.5) is 5.69 Å². The van der Waals surface area contributed by atoms with E-state index in [0.29, 0.717) is 17.4 Å². The third-order valence-corrected chi connectivity index (χ3v) is 7.76. The van der Waals surface area contributed by atoms with Crippen LogP contribution in [0.15, 0.2) is 36.4 Å². The summed E-state index contributed by atoms with van der Waals surface area (Å²) in [5.41, 5.74) is 8.53. The Bertz CT molecular complexity index is 1160. The highest BCUT2D eigenvalue weighted by Crippen LogP contribution is 2.31. The van der Waals surface area contributed by atoms with E-state index < -0.39 is 8.07 Å². The van der Waals surface area contributed by atoms with E-state index in [1.165, 1.54) is 16.7 Å². The first kappa shape index (κ1) is 24.3. The molecule has 0 spiro atoms. The minimum absolute atomic E-state index is 0.488. The Morgan fingerprint density at radius 1 is 1.09 bits per heavy atom. The van der Waals surface area contributed by atoms with E-state index in [0.717, 1.165) is 41.6 Å². The number of nitrogens with zero attached hydrogens (tertiary/aromatic N) is 3. The largest absolute Gasteiger partial charge is 0.360 e. The quantitative estimate of drug-likeness (QED) is 0.195. The molecule has 1 heterocycles. The van der Waals surface area contributed by atoms with E-state index in [-0.39, 0.29) is 0 Å². The van der Waals surface area contributed by atoms with Gasteiger partial charge in [0, 0.05) is 31.0 Å². The van der Waals surface area contributed by atoms with Gasteiger partial charge in [-0.05, 0) is 55.5 Å². The van der Waals surface area contributed by atoms with Crippen molar-refractivity contribution >= 4 is 25.4 Å². The first-order valence-electron chi connectivity index (χ1n) is 11.0. The lowest BCUT2D eigenvalue weighted by Crippen LogP contribution is -2.22. The molecule has 0 amide bonds. The van der Waals surface area contributed by atoms with Gasteiger partial charge >= 0.3 is 0 Å². The van der Waals surface area contributed by atoms with Crippen molar-refractivity contribution in [1.82, 2.24) is 9.78 Å². The number of aryl methyl sites for hydroxylation is 2. The fourth-order valence-corrected chi connectivity index (χ4v) is 4.76. The van der Waals surface area contributed by atoms with Crippen molar-refractivity contribution in [2.75, 3.05) is 6.61 Å². The molecule has 0 aliphatic heterocycles. The molecule has 0 bridgehead atoms. The lowest BCUT2D eigenvalue weighted by molar-refractivity contribution is 0.0770. The molecule has 4 nitrogen and oxygen atoms in total. The maximum Gasteiger partial charge on any atom is 0.205 e. The van der Waals surface area contributed by atoms with Crippen LogP contribution in [0.2, 0.25) is 30.7 Å². The van der Waals surface area contributed by atoms with Gasteiger partial charge in [0.1, 0.15) is 6.73 Å². The molecule has 0 fully saturated rings. The Balaban J connectivity index is 1.82. The van der Waals surface area contributed by atoms with Crippen LogP contribution in [-0.4, -0.2) is 24.5 Å². The summed E-state index contributed by atoms with van der Waals surface area (Å²) in [5, 5.41) is 5.25. The second-order valence-corrected chi connectivity index (χ2v) is 15.6. The first-order valence-corrected chi connectivity index (χ1v) is 15.0. The number of aromatic nitrogens is 2. The monoisotopic (exact) mass is 465 g/mol. The summed E-state index contributed by atoms with van der Waals surface area (Å²) in [4.78, 5) is 3.45. The lowest BCUT2D eigenvalue weighted by Gasteiger charge is -2.15. The summed E-state index contributed by atoms with van der Waals surface area (Å²) in [6, 6.07) is 13.4. The first-order chi connectivity index (χ1) is 15.1. The van der Waals surface area contributed by atoms with Crippen LogP contribution < -0.4 is 0 Å². The molecule has 0 radical (unpaired) electrons. The Morgan fingerprint density at radius 3 is 2.50 bits per heavy atom. The normalized spacial score (nSPS) is 11.6. The Morgan fingerprint density at radius 2 is 1.84 bits per heavy atom. The van der Waals surface area contributed by atoms with Crippen LogP contribution in [0.3, 0.4) is 0 Å². The number of ether oxygens (including phenoxy) is 1. The molecule has 0 saturated carbocycles. The minimum atomic E-state index is -1.10. The lowest BCUT2D eigenvalue weighted by atomic mass is 9.94. The molecule has 3 aromatic rings. The summed E-state index contributed by atoms with van der Waals surface area (Å²) in [5.74, 6) is 0. The van der Waals surface area contributed by atoms with Crippen LogP contribution in [0.5, 0.6) is 0 Å². The molecule has 0 unspecified atom stereocenters. The number of rotatable bonds is 8. The van der Waals surface area contributed by atoms with E-state index in [9.17, 15) is 0 Å². The Labute approximate surface area is 198 Å². The predicted octanol–water partition coefficient (Wildman–Crippen LogP) is 7.58. The molecular weight excluding hydrogens is 434 g/mol. The summed E-state index contributed by atoms with van der Waals surface area (Å²) >= 11 is 6.25. The van der Waals surface area contributed by atoms with Crippen LogP contribution in [0.25, 0.3) is 16.0 Å². The molecule has 0 N–H and O–H groups in total. The topological polar surface area (TPSA) is 31.4 Å². The molecule has 0 aliphatic carbocycles. The van der Waals surface area contributed by atoms with Crippen molar-refractivity contribution in [2.24, 2.45) is 0 Å². The van der Waals surface area contributed by atoms with Crippen molar-refractivity contribution in [3.05, 3.63) is 80.9 Å². The highest BCUT2D eigenvalue weighted by atomic mass is 35.5. The number of benzene rings is 2. The maximum absolute atomic E-state index is 7.18. The van der Waals surface area contributed by atoms with Crippen LogP contribution >= 0.6 is 11.6 Å². The van der Waals surface area contributed by atoms with Crippen molar-refractivity contribution in [3.8, 4) is 11.1 Å². The number of halogens is 1. The standard InChI is InChI=1S/C26H32ClN3OSi/c1-18-8-10-22(16-23(18)14-21-9-11-25(28-4)24(27)15-21)26-19(2)29-30(20(26)3)17-31-12-13-32(5,6)7/h8-11,15-16H,12-14,17H2,1-3,5-7H3. The second-order valence-electron chi connectivity index (χ2n) is 9.61. The molecule has 2 aromatic carbocycles. The predicted molar refractivity (Wildman–Crippen MR) is 136 cm³/mol. The summed E-state index contributed by atoms with van der Waals surface area (Å²) < 4.78 is 7.90. The fourth-order valence-electron chi connectivity index (χ4n) is 3.76. The smallest absolute Gasteiger partial charge is 0.205 e. The summed E-state index contributed by atoms with van der Waals surface area (Å²) in [7, 11) is -1.10. The van der Waals surface area contributed by atoms with E-state index in [1.807, 2.05) is 16.8 Å². The Kier molecular flexibility index (Phi) is 7.61. The molecule has 6 heteroatoms. The van der Waals surface area contributed by atoms with E-state index in [4.69, 9.17) is 28.0 Å². The average molecular weight is 466 g/mol. The average Bonchev–Trinajstić information content (AvgIpc) is 3.00. The number of hydrogen-bond donors (Lipinski definition) is 0. The molecule has 0 atom stereocenters. The van der Waals surface area contributed by atoms with Crippen molar-refractivity contribution in [2.45, 2.75) is 59.6 Å². The van der Waals surface area contributed by atoms with Crippen molar-refractivity contribution < 1.29 is 4.74 Å². The van der Waals surface area contributed by atoms with Gasteiger partial charge in [0.25, 0.3) is 0 Å². The Hall–Kier alpha value is -2.39. The third kappa shape index (κ3) is 5.89. The zero-order valence-corrected chi connectivity index (χ0v) is 21.7. The molecule has 1 aromatic heterocycles. The zero-order chi connectivity index (χ0) is 23.5. The second kappa shape index (κ2) is 10.0. The van der Waals surface area contributed by atoms with Crippen molar-refractivity contribution in [3.63, 3.8) is 0 Å². The van der Waals surface area contributed by atoms with Crippen LogP contribution in [0, 0.1) is 27.3 Å². The summed E-state index contributed by atoms with van der Waals surface area (Å²) in [6.45, 7) is 21.8. The van der Waals surface area contributed by atoms with Gasteiger partial charge < -0.3 is 4.74 Å². The van der Waals surface area contributed by atoms with Crippen LogP contribution in [0.1, 0.15) is 28.1 Å². The minimum Gasteiger partial charge on any atom is -0.360 e. The van der Waals surface area contributed by atoms with Gasteiger partial charge in [0.05, 0.1) is 12.3 Å². The summed E-state index contributed by atoms with van der Waals surface area (Å²) in [6.07, 6.45) is 0.768. The van der Waals surface area contributed by atoms with Gasteiger partial charge in [-0.15, -0.1) is 0 Å². The molecule has 168 valence electrons. The van der Waals surface area contributed by atoms with Gasteiger partial charge in [-0.1, -0.05) is 67.6 Å². The van der Waals surface area contributed by atoms with E-state index in [2.05, 4.69) is 63.5 Å². The molecule has 3 rings (SSSR count). The van der Waals surface area contributed by atoms with Gasteiger partial charge in [-0.2, -0.15) is 5.10 Å². The van der Waals surface area contributed by atoms with E-state index >= 15 is 0 Å². The molecule has 0 aliphatic rings. The maximum atomic E-state index is 7.18. The van der Waals surface area contributed by atoms with Crippen LogP contribution in [-0.2, 0) is 17.9 Å². The molecule has 0 saturated heterocycles. The SMILES string of the molecule is [C-]#[N+]c1ccc(Cc2cc(-c3c(C)nn(COCC[Si](C)(C)C)c3C)ccc2C)cc1Cl. The molecule has 32 heavy (non-hydrogen) atoms. The van der Waals surface area contributed by atoms with E-state index in [1.54, 1.807) is 6.07 Å². The zero-order valence-electron chi connectivity index (χ0n) is 19.9. The van der Waals surface area contributed by atoms with Gasteiger partial charge in [-0.25, -0.2) is 9.53 Å².